The van der Waals surface area contributed by atoms with Crippen LogP contribution in [-0.4, -0.2) is 49.1 Å². The lowest BCUT2D eigenvalue weighted by Gasteiger charge is -2.31. The van der Waals surface area contributed by atoms with Crippen LogP contribution in [0.2, 0.25) is 0 Å². The van der Waals surface area contributed by atoms with E-state index >= 15 is 0 Å². The second-order valence-corrected chi connectivity index (χ2v) is 8.99. The van der Waals surface area contributed by atoms with Gasteiger partial charge in [0.1, 0.15) is 5.75 Å². The lowest BCUT2D eigenvalue weighted by Crippen LogP contribution is -2.42. The van der Waals surface area contributed by atoms with Crippen LogP contribution in [0.1, 0.15) is 41.6 Å². The monoisotopic (exact) mass is 557 g/mol. The number of benzene rings is 1. The maximum absolute atomic E-state index is 5.78. The van der Waals surface area contributed by atoms with Crippen LogP contribution in [0.4, 0.5) is 0 Å². The molecule has 1 aromatic heterocycles. The average molecular weight is 558 g/mol. The highest BCUT2D eigenvalue weighted by atomic mass is 127. The molecule has 1 aliphatic heterocycles. The van der Waals surface area contributed by atoms with Crippen molar-refractivity contribution < 1.29 is 4.74 Å². The Labute approximate surface area is 207 Å². The van der Waals surface area contributed by atoms with Crippen molar-refractivity contribution in [1.82, 2.24) is 20.5 Å². The molecule has 0 saturated carbocycles. The van der Waals surface area contributed by atoms with E-state index in [4.69, 9.17) is 4.74 Å². The third-order valence-electron chi connectivity index (χ3n) is 5.51. The molecule has 172 valence electrons. The number of likely N-dealkylation sites (tertiary alicyclic amines) is 1. The smallest absolute Gasteiger partial charge is 0.191 e. The maximum Gasteiger partial charge on any atom is 0.191 e. The van der Waals surface area contributed by atoms with Crippen LogP contribution in [0.5, 0.6) is 5.75 Å². The standard InChI is InChI=1S/C23H35N5OS.HI/c1-5-29-22-12-17(2)6-7-20(22)14-26-23(24-4)25-13-19-8-10-28(11-9-19)15-21-16-30-18(3)27-21;/h6-7,12,16,19H,5,8-11,13-15H2,1-4H3,(H2,24,25,26);1H. The van der Waals surface area contributed by atoms with Gasteiger partial charge in [-0.25, -0.2) is 4.98 Å². The van der Waals surface area contributed by atoms with E-state index in [2.05, 4.69) is 62.9 Å². The van der Waals surface area contributed by atoms with Crippen LogP contribution in [0, 0.1) is 19.8 Å². The summed E-state index contributed by atoms with van der Waals surface area (Å²) in [5.74, 6) is 2.47. The molecule has 2 N–H and O–H groups in total. The van der Waals surface area contributed by atoms with Gasteiger partial charge in [0.25, 0.3) is 0 Å². The minimum atomic E-state index is 0. The summed E-state index contributed by atoms with van der Waals surface area (Å²) in [4.78, 5) is 11.5. The predicted molar refractivity (Wildman–Crippen MR) is 141 cm³/mol. The molecular formula is C23H36IN5OS. The summed E-state index contributed by atoms with van der Waals surface area (Å²) in [6.45, 7) is 11.7. The molecule has 1 saturated heterocycles. The Kier molecular flexibility index (Phi) is 11.0. The highest BCUT2D eigenvalue weighted by molar-refractivity contribution is 14.0. The second kappa shape index (κ2) is 13.2. The van der Waals surface area contributed by atoms with Gasteiger partial charge in [0, 0.05) is 37.6 Å². The zero-order chi connectivity index (χ0) is 21.3. The fourth-order valence-corrected chi connectivity index (χ4v) is 4.40. The van der Waals surface area contributed by atoms with Gasteiger partial charge in [-0.3, -0.25) is 9.89 Å². The number of guanidine groups is 1. The third kappa shape index (κ3) is 8.23. The molecule has 1 fully saturated rings. The van der Waals surface area contributed by atoms with Gasteiger partial charge in [-0.2, -0.15) is 0 Å². The largest absolute Gasteiger partial charge is 0.494 e. The zero-order valence-corrected chi connectivity index (χ0v) is 22.3. The molecule has 31 heavy (non-hydrogen) atoms. The summed E-state index contributed by atoms with van der Waals surface area (Å²) in [6.07, 6.45) is 2.42. The average Bonchev–Trinajstić information content (AvgIpc) is 3.15. The number of hydrogen-bond acceptors (Lipinski definition) is 5. The topological polar surface area (TPSA) is 61.8 Å². The lowest BCUT2D eigenvalue weighted by molar-refractivity contribution is 0.176. The van der Waals surface area contributed by atoms with E-state index in [0.717, 1.165) is 48.5 Å². The first-order chi connectivity index (χ1) is 14.6. The first-order valence-corrected chi connectivity index (χ1v) is 11.8. The van der Waals surface area contributed by atoms with E-state index < -0.39 is 0 Å². The fraction of sp³-hybridized carbons (Fsp3) is 0.565. The highest BCUT2D eigenvalue weighted by Gasteiger charge is 2.20. The predicted octanol–water partition coefficient (Wildman–Crippen LogP) is 4.35. The first kappa shape index (κ1) is 25.9. The molecule has 8 heteroatoms. The van der Waals surface area contributed by atoms with Gasteiger partial charge >= 0.3 is 0 Å². The van der Waals surface area contributed by atoms with E-state index in [1.807, 2.05) is 14.0 Å². The third-order valence-corrected chi connectivity index (χ3v) is 6.33. The van der Waals surface area contributed by atoms with Crippen molar-refractivity contribution in [2.45, 2.75) is 46.7 Å². The Bertz CT molecular complexity index is 833. The summed E-state index contributed by atoms with van der Waals surface area (Å²) in [6, 6.07) is 6.34. The maximum atomic E-state index is 5.78. The molecule has 0 amide bonds. The van der Waals surface area contributed by atoms with Gasteiger partial charge in [-0.15, -0.1) is 35.3 Å². The summed E-state index contributed by atoms with van der Waals surface area (Å²) < 4.78 is 5.78. The molecule has 6 nitrogen and oxygen atoms in total. The van der Waals surface area contributed by atoms with Gasteiger partial charge < -0.3 is 15.4 Å². The van der Waals surface area contributed by atoms with Crippen molar-refractivity contribution >= 4 is 41.3 Å². The van der Waals surface area contributed by atoms with Gasteiger partial charge in [-0.1, -0.05) is 12.1 Å². The first-order valence-electron chi connectivity index (χ1n) is 10.9. The number of nitrogens with zero attached hydrogens (tertiary/aromatic N) is 3. The number of ether oxygens (including phenoxy) is 1. The number of aliphatic imine (C=N–C) groups is 1. The highest BCUT2D eigenvalue weighted by Crippen LogP contribution is 2.21. The Morgan fingerprint density at radius 3 is 2.68 bits per heavy atom. The quantitative estimate of drug-likeness (QED) is 0.287. The Morgan fingerprint density at radius 2 is 2.03 bits per heavy atom. The minimum Gasteiger partial charge on any atom is -0.494 e. The number of rotatable bonds is 8. The van der Waals surface area contributed by atoms with Crippen LogP contribution in [0.15, 0.2) is 28.6 Å². The Morgan fingerprint density at radius 1 is 1.26 bits per heavy atom. The minimum absolute atomic E-state index is 0. The van der Waals surface area contributed by atoms with Crippen LogP contribution < -0.4 is 15.4 Å². The molecule has 0 bridgehead atoms. The normalized spacial score (nSPS) is 15.4. The van der Waals surface area contributed by atoms with Crippen molar-refractivity contribution in [3.63, 3.8) is 0 Å². The summed E-state index contributed by atoms with van der Waals surface area (Å²) >= 11 is 1.74. The van der Waals surface area contributed by atoms with Crippen molar-refractivity contribution in [3.8, 4) is 5.75 Å². The van der Waals surface area contributed by atoms with E-state index in [9.17, 15) is 0 Å². The van der Waals surface area contributed by atoms with Gasteiger partial charge in [0.2, 0.25) is 0 Å². The number of thiazole rings is 1. The number of nitrogens with one attached hydrogen (secondary N) is 2. The summed E-state index contributed by atoms with van der Waals surface area (Å²) in [5.41, 5.74) is 3.57. The molecule has 1 aromatic carbocycles. The summed E-state index contributed by atoms with van der Waals surface area (Å²) in [7, 11) is 1.83. The fourth-order valence-electron chi connectivity index (χ4n) is 3.80. The Hall–Kier alpha value is -1.39. The van der Waals surface area contributed by atoms with Gasteiger partial charge in [0.05, 0.1) is 17.3 Å². The van der Waals surface area contributed by atoms with Crippen molar-refractivity contribution in [3.05, 3.63) is 45.4 Å². The van der Waals surface area contributed by atoms with Crippen LogP contribution in [-0.2, 0) is 13.1 Å². The van der Waals surface area contributed by atoms with E-state index in [1.165, 1.54) is 24.1 Å². The van der Waals surface area contributed by atoms with Crippen LogP contribution >= 0.6 is 35.3 Å². The van der Waals surface area contributed by atoms with Gasteiger partial charge in [0.15, 0.2) is 5.96 Å². The van der Waals surface area contributed by atoms with Crippen LogP contribution in [0.25, 0.3) is 0 Å². The van der Waals surface area contributed by atoms with E-state index in [1.54, 1.807) is 11.3 Å². The summed E-state index contributed by atoms with van der Waals surface area (Å²) in [5, 5.41) is 10.3. The molecule has 0 atom stereocenters. The molecule has 2 aromatic rings. The molecule has 0 spiro atoms. The zero-order valence-electron chi connectivity index (χ0n) is 19.1. The molecular weight excluding hydrogens is 521 g/mol. The molecule has 2 heterocycles. The second-order valence-electron chi connectivity index (χ2n) is 7.93. The molecule has 1 aliphatic rings. The lowest BCUT2D eigenvalue weighted by atomic mass is 9.97. The molecule has 3 rings (SSSR count). The van der Waals surface area contributed by atoms with E-state index in [0.29, 0.717) is 19.1 Å². The van der Waals surface area contributed by atoms with Crippen LogP contribution in [0.3, 0.4) is 0 Å². The van der Waals surface area contributed by atoms with Crippen molar-refractivity contribution in [2.75, 3.05) is 33.3 Å². The number of halogens is 1. The van der Waals surface area contributed by atoms with Gasteiger partial charge in [-0.05, 0) is 64.3 Å². The molecule has 0 radical (unpaired) electrons. The number of piperidine rings is 1. The number of aryl methyl sites for hydroxylation is 2. The van der Waals surface area contributed by atoms with Crippen molar-refractivity contribution in [1.29, 1.82) is 0 Å². The molecule has 0 aliphatic carbocycles. The SMILES string of the molecule is CCOc1cc(C)ccc1CNC(=NC)NCC1CCN(Cc2csc(C)n2)CC1.I. The van der Waals surface area contributed by atoms with Crippen molar-refractivity contribution in [2.24, 2.45) is 10.9 Å². The number of aromatic nitrogens is 1. The number of hydrogen-bond donors (Lipinski definition) is 2. The Balaban J connectivity index is 0.00000341. The van der Waals surface area contributed by atoms with E-state index in [-0.39, 0.29) is 24.0 Å². The molecule has 0 unspecified atom stereocenters.